The Balaban J connectivity index is 2.39. The van der Waals surface area contributed by atoms with Crippen LogP contribution in [0.5, 0.6) is 0 Å². The Morgan fingerprint density at radius 1 is 1.37 bits per heavy atom. The van der Waals surface area contributed by atoms with E-state index < -0.39 is 0 Å². The lowest BCUT2D eigenvalue weighted by Gasteiger charge is -2.18. The van der Waals surface area contributed by atoms with E-state index in [2.05, 4.69) is 17.2 Å². The van der Waals surface area contributed by atoms with Crippen LogP contribution < -0.4 is 5.32 Å². The van der Waals surface area contributed by atoms with Crippen molar-refractivity contribution in [3.63, 3.8) is 0 Å². The molecule has 2 rings (SSSR count). The first-order valence-electron chi connectivity index (χ1n) is 6.53. The Kier molecular flexibility index (Phi) is 4.66. The maximum atomic E-state index is 14.1. The molecule has 0 bridgehead atoms. The molecule has 0 aliphatic carbocycles. The Bertz CT molecular complexity index is 551. The van der Waals surface area contributed by atoms with E-state index >= 15 is 0 Å². The van der Waals surface area contributed by atoms with Gasteiger partial charge < -0.3 is 5.32 Å². The number of benzene rings is 1. The van der Waals surface area contributed by atoms with Gasteiger partial charge in [0.1, 0.15) is 5.82 Å². The Labute approximate surface area is 117 Å². The van der Waals surface area contributed by atoms with Crippen LogP contribution in [-0.4, -0.2) is 11.5 Å². The second-order valence-electron chi connectivity index (χ2n) is 4.69. The van der Waals surface area contributed by atoms with Crippen LogP contribution in [0.3, 0.4) is 0 Å². The highest BCUT2D eigenvalue weighted by Crippen LogP contribution is 2.29. The van der Waals surface area contributed by atoms with Crippen LogP contribution >= 0.6 is 11.3 Å². The molecule has 0 radical (unpaired) electrons. The van der Waals surface area contributed by atoms with Gasteiger partial charge >= 0.3 is 0 Å². The van der Waals surface area contributed by atoms with E-state index in [0.29, 0.717) is 5.56 Å². The van der Waals surface area contributed by atoms with Crippen LogP contribution in [-0.2, 0) is 0 Å². The average molecular weight is 278 g/mol. The summed E-state index contributed by atoms with van der Waals surface area (Å²) in [5.41, 5.74) is 1.78. The van der Waals surface area contributed by atoms with E-state index in [4.69, 9.17) is 0 Å². The van der Waals surface area contributed by atoms with Crippen LogP contribution in [0.1, 0.15) is 40.4 Å². The molecule has 0 amide bonds. The lowest BCUT2D eigenvalue weighted by atomic mass is 10.0. The van der Waals surface area contributed by atoms with Gasteiger partial charge in [0.2, 0.25) is 0 Å². The maximum absolute atomic E-state index is 14.1. The summed E-state index contributed by atoms with van der Waals surface area (Å²) in [6.07, 6.45) is 2.86. The smallest absolute Gasteiger partial charge is 0.128 e. The van der Waals surface area contributed by atoms with Crippen molar-refractivity contribution in [2.75, 3.05) is 6.54 Å². The van der Waals surface area contributed by atoms with Crippen molar-refractivity contribution in [3.8, 4) is 0 Å². The topological polar surface area (TPSA) is 24.9 Å². The first-order chi connectivity index (χ1) is 9.11. The minimum Gasteiger partial charge on any atom is -0.305 e. The third-order valence-electron chi connectivity index (χ3n) is 2.98. The third kappa shape index (κ3) is 3.39. The molecule has 0 saturated heterocycles. The molecule has 0 spiro atoms. The predicted octanol–water partition coefficient (Wildman–Crippen LogP) is 3.99. The fourth-order valence-corrected chi connectivity index (χ4v) is 2.93. The maximum Gasteiger partial charge on any atom is 0.128 e. The molecule has 0 saturated carbocycles. The monoisotopic (exact) mass is 278 g/mol. The summed E-state index contributed by atoms with van der Waals surface area (Å²) in [6, 6.07) is 5.15. The number of thiazole rings is 1. The molecule has 19 heavy (non-hydrogen) atoms. The molecule has 2 nitrogen and oxygen atoms in total. The van der Waals surface area contributed by atoms with Gasteiger partial charge in [-0.05, 0) is 32.9 Å². The van der Waals surface area contributed by atoms with Crippen LogP contribution in [0.2, 0.25) is 0 Å². The zero-order valence-electron chi connectivity index (χ0n) is 11.5. The van der Waals surface area contributed by atoms with Crippen molar-refractivity contribution in [1.29, 1.82) is 0 Å². The molecule has 0 fully saturated rings. The standard InChI is InChI=1S/C15H19FN2S/c1-4-7-17-15(14-9-18-11(3)19-14)12-8-10(2)5-6-13(12)16/h5-6,8-9,15,17H,4,7H2,1-3H3. The van der Waals surface area contributed by atoms with Crippen molar-refractivity contribution in [1.82, 2.24) is 10.3 Å². The summed E-state index contributed by atoms with van der Waals surface area (Å²) in [7, 11) is 0. The number of aryl methyl sites for hydroxylation is 2. The number of halogens is 1. The highest BCUT2D eigenvalue weighted by Gasteiger charge is 2.19. The van der Waals surface area contributed by atoms with E-state index in [1.165, 1.54) is 0 Å². The van der Waals surface area contributed by atoms with Crippen LogP contribution in [0, 0.1) is 19.7 Å². The van der Waals surface area contributed by atoms with Gasteiger partial charge in [0.05, 0.1) is 11.0 Å². The number of nitrogens with one attached hydrogen (secondary N) is 1. The predicted molar refractivity (Wildman–Crippen MR) is 78.1 cm³/mol. The molecular weight excluding hydrogens is 259 g/mol. The fraction of sp³-hybridized carbons (Fsp3) is 0.400. The molecule has 0 aliphatic heterocycles. The van der Waals surface area contributed by atoms with E-state index in [-0.39, 0.29) is 11.9 Å². The number of hydrogen-bond acceptors (Lipinski definition) is 3. The second kappa shape index (κ2) is 6.26. The van der Waals surface area contributed by atoms with Crippen molar-refractivity contribution >= 4 is 11.3 Å². The van der Waals surface area contributed by atoms with Crippen molar-refractivity contribution in [2.24, 2.45) is 0 Å². The molecule has 0 aliphatic rings. The summed E-state index contributed by atoms with van der Waals surface area (Å²) < 4.78 is 14.1. The van der Waals surface area contributed by atoms with Crippen molar-refractivity contribution < 1.29 is 4.39 Å². The molecule has 1 heterocycles. The first kappa shape index (κ1) is 14.2. The van der Waals surface area contributed by atoms with Crippen LogP contribution in [0.4, 0.5) is 4.39 Å². The van der Waals surface area contributed by atoms with Crippen molar-refractivity contribution in [2.45, 2.75) is 33.2 Å². The van der Waals surface area contributed by atoms with Crippen LogP contribution in [0.25, 0.3) is 0 Å². The van der Waals surface area contributed by atoms with E-state index in [9.17, 15) is 4.39 Å². The number of nitrogens with zero attached hydrogens (tertiary/aromatic N) is 1. The number of aromatic nitrogens is 1. The largest absolute Gasteiger partial charge is 0.305 e. The summed E-state index contributed by atoms with van der Waals surface area (Å²) >= 11 is 1.62. The molecule has 1 aromatic heterocycles. The van der Waals surface area contributed by atoms with Gasteiger partial charge in [-0.25, -0.2) is 9.37 Å². The van der Waals surface area contributed by atoms with Gasteiger partial charge in [-0.1, -0.05) is 24.6 Å². The van der Waals surface area contributed by atoms with Crippen LogP contribution in [0.15, 0.2) is 24.4 Å². The first-order valence-corrected chi connectivity index (χ1v) is 7.35. The van der Waals surface area contributed by atoms with Gasteiger partial charge in [-0.2, -0.15) is 0 Å². The lowest BCUT2D eigenvalue weighted by Crippen LogP contribution is -2.23. The summed E-state index contributed by atoms with van der Waals surface area (Å²) in [4.78, 5) is 5.34. The van der Waals surface area contributed by atoms with E-state index in [1.807, 2.05) is 26.1 Å². The van der Waals surface area contributed by atoms with Gasteiger partial charge in [0.15, 0.2) is 0 Å². The Morgan fingerprint density at radius 2 is 2.16 bits per heavy atom. The zero-order valence-corrected chi connectivity index (χ0v) is 12.4. The van der Waals surface area contributed by atoms with Crippen molar-refractivity contribution in [3.05, 3.63) is 51.2 Å². The lowest BCUT2D eigenvalue weighted by molar-refractivity contribution is 0.550. The molecular formula is C15H19FN2S. The molecule has 1 atom stereocenters. The second-order valence-corrected chi connectivity index (χ2v) is 5.96. The molecule has 2 aromatic rings. The molecule has 1 aromatic carbocycles. The number of rotatable bonds is 5. The fourth-order valence-electron chi connectivity index (χ4n) is 2.05. The number of hydrogen-bond donors (Lipinski definition) is 1. The van der Waals surface area contributed by atoms with Gasteiger partial charge in [-0.15, -0.1) is 11.3 Å². The normalized spacial score (nSPS) is 12.6. The highest BCUT2D eigenvalue weighted by molar-refractivity contribution is 7.11. The highest BCUT2D eigenvalue weighted by atomic mass is 32.1. The molecule has 4 heteroatoms. The minimum absolute atomic E-state index is 0.106. The SMILES string of the molecule is CCCNC(c1cnc(C)s1)c1cc(C)ccc1F. The summed E-state index contributed by atoms with van der Waals surface area (Å²) in [5.74, 6) is -0.162. The van der Waals surface area contributed by atoms with Gasteiger partial charge in [0.25, 0.3) is 0 Å². The van der Waals surface area contributed by atoms with E-state index in [0.717, 1.165) is 28.4 Å². The van der Waals surface area contributed by atoms with Gasteiger partial charge in [-0.3, -0.25) is 0 Å². The summed E-state index contributed by atoms with van der Waals surface area (Å²) in [5, 5.41) is 4.42. The molecule has 102 valence electrons. The Hall–Kier alpha value is -1.26. The third-order valence-corrected chi connectivity index (χ3v) is 3.96. The average Bonchev–Trinajstić information content (AvgIpc) is 2.80. The molecule has 1 N–H and O–H groups in total. The Morgan fingerprint density at radius 3 is 2.79 bits per heavy atom. The molecule has 1 unspecified atom stereocenters. The minimum atomic E-state index is -0.162. The summed E-state index contributed by atoms with van der Waals surface area (Å²) in [6.45, 7) is 6.92. The van der Waals surface area contributed by atoms with Gasteiger partial charge in [0, 0.05) is 16.6 Å². The quantitative estimate of drug-likeness (QED) is 0.894. The van der Waals surface area contributed by atoms with E-state index in [1.54, 1.807) is 23.5 Å². The zero-order chi connectivity index (χ0) is 13.8.